The van der Waals surface area contributed by atoms with Gasteiger partial charge in [0.2, 0.25) is 0 Å². The zero-order valence-corrected chi connectivity index (χ0v) is 14.4. The average Bonchev–Trinajstić information content (AvgIpc) is 3.11. The van der Waals surface area contributed by atoms with E-state index in [2.05, 4.69) is 10.1 Å². The quantitative estimate of drug-likeness (QED) is 0.801. The zero-order chi connectivity index (χ0) is 20.4. The molecule has 150 valence electrons. The Hall–Kier alpha value is -3.01. The fraction of sp³-hybridized carbons (Fsp3) is 0.333. The fourth-order valence-corrected chi connectivity index (χ4v) is 2.88. The molecule has 1 amide bonds. The first-order chi connectivity index (χ1) is 13.2. The van der Waals surface area contributed by atoms with E-state index in [0.29, 0.717) is 0 Å². The van der Waals surface area contributed by atoms with Gasteiger partial charge >= 0.3 is 12.3 Å². The Morgan fingerprint density at radius 3 is 2.43 bits per heavy atom. The molecule has 0 spiro atoms. The summed E-state index contributed by atoms with van der Waals surface area (Å²) in [4.78, 5) is 24.1. The minimum absolute atomic E-state index is 0.00195. The van der Waals surface area contributed by atoms with Crippen molar-refractivity contribution >= 4 is 11.9 Å². The van der Waals surface area contributed by atoms with E-state index in [-0.39, 0.29) is 43.1 Å². The van der Waals surface area contributed by atoms with Crippen molar-refractivity contribution in [2.24, 2.45) is 0 Å². The van der Waals surface area contributed by atoms with Gasteiger partial charge in [-0.2, -0.15) is 0 Å². The van der Waals surface area contributed by atoms with Gasteiger partial charge < -0.3 is 24.3 Å². The second kappa shape index (κ2) is 7.55. The van der Waals surface area contributed by atoms with Gasteiger partial charge in [-0.15, -0.1) is 13.2 Å². The minimum atomic E-state index is -4.89. The first kappa shape index (κ1) is 19.7. The summed E-state index contributed by atoms with van der Waals surface area (Å²) in [6.45, 7) is 0.357. The number of furan rings is 1. The lowest BCUT2D eigenvalue weighted by atomic mass is 9.90. The minimum Gasteiger partial charge on any atom is -0.480 e. The molecule has 1 aliphatic heterocycles. The van der Waals surface area contributed by atoms with Crippen molar-refractivity contribution in [1.29, 1.82) is 0 Å². The first-order valence-electron chi connectivity index (χ1n) is 8.29. The van der Waals surface area contributed by atoms with Gasteiger partial charge in [0.1, 0.15) is 17.0 Å². The molecule has 1 aromatic carbocycles. The fourth-order valence-electron chi connectivity index (χ4n) is 2.88. The van der Waals surface area contributed by atoms with Crippen LogP contribution in [0.25, 0.3) is 11.3 Å². The molecule has 2 aromatic rings. The molecule has 1 saturated heterocycles. The van der Waals surface area contributed by atoms with Crippen LogP contribution < -0.4 is 10.1 Å². The van der Waals surface area contributed by atoms with Crippen LogP contribution in [-0.4, -0.2) is 42.1 Å². The molecule has 3 rings (SSSR count). The summed E-state index contributed by atoms with van der Waals surface area (Å²) < 4.78 is 52.2. The van der Waals surface area contributed by atoms with Gasteiger partial charge in [0, 0.05) is 26.1 Å². The number of carbonyl (C=O) groups excluding carboxylic acids is 1. The Morgan fingerprint density at radius 2 is 1.79 bits per heavy atom. The largest absolute Gasteiger partial charge is 0.573 e. The number of rotatable bonds is 5. The predicted octanol–water partition coefficient (Wildman–Crippen LogP) is 3.21. The van der Waals surface area contributed by atoms with Crippen molar-refractivity contribution in [2.45, 2.75) is 24.7 Å². The molecule has 0 bridgehead atoms. The Kier molecular flexibility index (Phi) is 5.32. The van der Waals surface area contributed by atoms with E-state index >= 15 is 0 Å². The Bertz CT molecular complexity index is 870. The highest BCUT2D eigenvalue weighted by Crippen LogP contribution is 2.34. The van der Waals surface area contributed by atoms with Crippen LogP contribution in [0.5, 0.6) is 5.75 Å². The maximum Gasteiger partial charge on any atom is 0.573 e. The molecule has 1 aliphatic rings. The SMILES string of the molecule is O=C(NC1(C(=O)O)CCOCC1)c1ccc(-c2ccccc2OC(F)(F)F)o1. The van der Waals surface area contributed by atoms with Crippen LogP contribution in [-0.2, 0) is 9.53 Å². The highest BCUT2D eigenvalue weighted by Gasteiger charge is 2.42. The summed E-state index contributed by atoms with van der Waals surface area (Å²) in [5.74, 6) is -2.72. The van der Waals surface area contributed by atoms with Crippen molar-refractivity contribution in [3.63, 3.8) is 0 Å². The summed E-state index contributed by atoms with van der Waals surface area (Å²) in [5.41, 5.74) is -1.49. The third-order valence-electron chi connectivity index (χ3n) is 4.32. The number of alkyl halides is 3. The number of hydrogen-bond donors (Lipinski definition) is 2. The van der Waals surface area contributed by atoms with E-state index in [1.807, 2.05) is 0 Å². The number of ether oxygens (including phenoxy) is 2. The van der Waals surface area contributed by atoms with E-state index in [9.17, 15) is 27.9 Å². The lowest BCUT2D eigenvalue weighted by molar-refractivity contribution is -0.274. The third kappa shape index (κ3) is 4.28. The number of amides is 1. The second-order valence-corrected chi connectivity index (χ2v) is 6.16. The molecular formula is C18H16F3NO6. The maximum absolute atomic E-state index is 12.6. The second-order valence-electron chi connectivity index (χ2n) is 6.16. The van der Waals surface area contributed by atoms with Crippen molar-refractivity contribution < 1.29 is 41.8 Å². The Labute approximate surface area is 157 Å². The van der Waals surface area contributed by atoms with Crippen molar-refractivity contribution in [3.05, 3.63) is 42.2 Å². The van der Waals surface area contributed by atoms with Gasteiger partial charge in [0.05, 0.1) is 5.56 Å². The highest BCUT2D eigenvalue weighted by atomic mass is 19.4. The van der Waals surface area contributed by atoms with E-state index < -0.39 is 29.5 Å². The van der Waals surface area contributed by atoms with Crippen molar-refractivity contribution in [2.75, 3.05) is 13.2 Å². The van der Waals surface area contributed by atoms with Gasteiger partial charge in [-0.05, 0) is 24.3 Å². The van der Waals surface area contributed by atoms with Crippen LogP contribution in [0.1, 0.15) is 23.4 Å². The highest BCUT2D eigenvalue weighted by molar-refractivity contribution is 5.96. The molecule has 28 heavy (non-hydrogen) atoms. The summed E-state index contributed by atoms with van der Waals surface area (Å²) in [7, 11) is 0. The van der Waals surface area contributed by atoms with Gasteiger partial charge in [-0.1, -0.05) is 12.1 Å². The molecule has 0 aliphatic carbocycles. The molecule has 2 heterocycles. The van der Waals surface area contributed by atoms with E-state index in [1.165, 1.54) is 30.3 Å². The van der Waals surface area contributed by atoms with Gasteiger partial charge in [0.15, 0.2) is 5.76 Å². The number of carboxylic acids is 1. The van der Waals surface area contributed by atoms with Crippen LogP contribution in [0.3, 0.4) is 0 Å². The van der Waals surface area contributed by atoms with E-state index in [1.54, 1.807) is 0 Å². The third-order valence-corrected chi connectivity index (χ3v) is 4.32. The van der Waals surface area contributed by atoms with Crippen molar-refractivity contribution in [1.82, 2.24) is 5.32 Å². The number of benzene rings is 1. The first-order valence-corrected chi connectivity index (χ1v) is 8.29. The monoisotopic (exact) mass is 399 g/mol. The van der Waals surface area contributed by atoms with Crippen molar-refractivity contribution in [3.8, 4) is 17.1 Å². The number of carbonyl (C=O) groups is 2. The number of hydrogen-bond acceptors (Lipinski definition) is 5. The van der Waals surface area contributed by atoms with E-state index in [4.69, 9.17) is 9.15 Å². The molecule has 1 aromatic heterocycles. The molecule has 0 atom stereocenters. The number of aliphatic carboxylic acids is 1. The van der Waals surface area contributed by atoms with Crippen LogP contribution in [0.15, 0.2) is 40.8 Å². The topological polar surface area (TPSA) is 98.0 Å². The average molecular weight is 399 g/mol. The molecule has 1 fully saturated rings. The molecule has 0 unspecified atom stereocenters. The van der Waals surface area contributed by atoms with Crippen LogP contribution in [0, 0.1) is 0 Å². The van der Waals surface area contributed by atoms with Gasteiger partial charge in [-0.3, -0.25) is 4.79 Å². The zero-order valence-electron chi connectivity index (χ0n) is 14.4. The van der Waals surface area contributed by atoms with Gasteiger partial charge in [0.25, 0.3) is 5.91 Å². The number of para-hydroxylation sites is 1. The number of nitrogens with one attached hydrogen (secondary N) is 1. The van der Waals surface area contributed by atoms with Crippen LogP contribution in [0.2, 0.25) is 0 Å². The Morgan fingerprint density at radius 1 is 1.11 bits per heavy atom. The predicted molar refractivity (Wildman–Crippen MR) is 88.7 cm³/mol. The smallest absolute Gasteiger partial charge is 0.480 e. The molecule has 2 N–H and O–H groups in total. The Balaban J connectivity index is 1.83. The summed E-state index contributed by atoms with van der Waals surface area (Å²) in [5, 5.41) is 11.9. The van der Waals surface area contributed by atoms with Crippen LogP contribution in [0.4, 0.5) is 13.2 Å². The standard InChI is InChI=1S/C18H16F3NO6/c19-18(20,21)28-13-4-2-1-3-11(13)12-5-6-14(27-12)15(23)22-17(16(24)25)7-9-26-10-8-17/h1-6H,7-10H2,(H,22,23)(H,24,25). The normalized spacial score (nSPS) is 16.4. The number of halogens is 3. The number of carboxylic acid groups (broad SMARTS) is 1. The molecule has 0 saturated carbocycles. The summed E-state index contributed by atoms with van der Waals surface area (Å²) in [6, 6.07) is 7.88. The molecule has 7 nitrogen and oxygen atoms in total. The van der Waals surface area contributed by atoms with Gasteiger partial charge in [-0.25, -0.2) is 4.79 Å². The molecular weight excluding hydrogens is 383 g/mol. The summed E-state index contributed by atoms with van der Waals surface area (Å²) in [6.07, 6.45) is -4.71. The lowest BCUT2D eigenvalue weighted by Gasteiger charge is -2.33. The lowest BCUT2D eigenvalue weighted by Crippen LogP contribution is -2.57. The summed E-state index contributed by atoms with van der Waals surface area (Å²) >= 11 is 0. The van der Waals surface area contributed by atoms with Crippen LogP contribution >= 0.6 is 0 Å². The maximum atomic E-state index is 12.6. The molecule has 0 radical (unpaired) electrons. The molecule has 10 heteroatoms. The van der Waals surface area contributed by atoms with E-state index in [0.717, 1.165) is 6.07 Å².